The molecule has 0 fully saturated rings. The molecule has 0 radical (unpaired) electrons. The third kappa shape index (κ3) is 3.34. The maximum absolute atomic E-state index is 10.9. The molecule has 0 aromatic heterocycles. The Morgan fingerprint density at radius 3 is 2.50 bits per heavy atom. The van der Waals surface area contributed by atoms with E-state index in [0.29, 0.717) is 11.3 Å². The average molecular weight is 245 g/mol. The van der Waals surface area contributed by atoms with Gasteiger partial charge in [0.2, 0.25) is 0 Å². The number of carboxylic acid groups (broad SMARTS) is 1. The van der Waals surface area contributed by atoms with Crippen LogP contribution in [0.1, 0.15) is 5.56 Å². The number of aryl methyl sites for hydroxylation is 1. The zero-order valence-electron chi connectivity index (χ0n) is 8.54. The van der Waals surface area contributed by atoms with Crippen molar-refractivity contribution in [3.05, 3.63) is 23.8 Å². The first-order chi connectivity index (χ1) is 7.30. The number of benzene rings is 1. The molecule has 0 aliphatic carbocycles. The Labute approximate surface area is 92.1 Å². The van der Waals surface area contributed by atoms with E-state index in [1.54, 1.807) is 6.92 Å². The Hall–Kier alpha value is -1.36. The Morgan fingerprint density at radius 1 is 1.44 bits per heavy atom. The molecule has 0 saturated carbocycles. The number of hydrogen-bond acceptors (Lipinski definition) is 3. The molecule has 0 unspecified atom stereocenters. The number of carboxylic acids is 1. The van der Waals surface area contributed by atoms with E-state index in [9.17, 15) is 9.36 Å². The normalized spacial score (nSPS) is 11.2. The zero-order valence-corrected chi connectivity index (χ0v) is 9.44. The summed E-state index contributed by atoms with van der Waals surface area (Å²) in [6.07, 6.45) is 0. The summed E-state index contributed by atoms with van der Waals surface area (Å²) < 4.78 is 10.9. The molecule has 16 heavy (non-hydrogen) atoms. The van der Waals surface area contributed by atoms with Gasteiger partial charge < -0.3 is 20.2 Å². The van der Waals surface area contributed by atoms with Crippen molar-refractivity contribution in [1.29, 1.82) is 0 Å². The maximum Gasteiger partial charge on any atom is 0.356 e. The molecule has 4 N–H and O–H groups in total. The molecule has 0 atom stereocenters. The van der Waals surface area contributed by atoms with Gasteiger partial charge in [-0.1, -0.05) is 0 Å². The van der Waals surface area contributed by atoms with Gasteiger partial charge >= 0.3 is 13.6 Å². The van der Waals surface area contributed by atoms with Gasteiger partial charge in [-0.05, 0) is 30.7 Å². The molecule has 88 valence electrons. The highest BCUT2D eigenvalue weighted by atomic mass is 31.2. The Balaban J connectivity index is 2.92. The predicted molar refractivity (Wildman–Crippen MR) is 59.0 cm³/mol. The van der Waals surface area contributed by atoms with Crippen molar-refractivity contribution in [2.75, 3.05) is 11.9 Å². The minimum Gasteiger partial charge on any atom is -0.480 e. The van der Waals surface area contributed by atoms with Crippen LogP contribution in [-0.2, 0) is 9.36 Å². The van der Waals surface area contributed by atoms with Gasteiger partial charge in [-0.2, -0.15) is 0 Å². The Kier molecular flexibility index (Phi) is 3.70. The fourth-order valence-electron chi connectivity index (χ4n) is 1.20. The van der Waals surface area contributed by atoms with Crippen molar-refractivity contribution in [1.82, 2.24) is 0 Å². The fourth-order valence-corrected chi connectivity index (χ4v) is 1.83. The molecule has 1 aromatic carbocycles. The Bertz CT molecular complexity index is 453. The van der Waals surface area contributed by atoms with Crippen LogP contribution in [0.25, 0.3) is 0 Å². The summed E-state index contributed by atoms with van der Waals surface area (Å²) in [6.45, 7) is 1.40. The van der Waals surface area contributed by atoms with E-state index in [-0.39, 0.29) is 11.8 Å². The van der Waals surface area contributed by atoms with Crippen LogP contribution in [0, 0.1) is 6.92 Å². The summed E-state index contributed by atoms with van der Waals surface area (Å²) in [5, 5.41) is 11.0. The number of hydrogen-bond donors (Lipinski definition) is 4. The number of nitrogens with one attached hydrogen (secondary N) is 1. The van der Waals surface area contributed by atoms with Gasteiger partial charge in [0.05, 0.1) is 5.30 Å². The zero-order chi connectivity index (χ0) is 12.3. The highest BCUT2D eigenvalue weighted by Gasteiger charge is 2.17. The summed E-state index contributed by atoms with van der Waals surface area (Å²) in [6, 6.07) is 4.07. The van der Waals surface area contributed by atoms with E-state index in [0.717, 1.165) is 0 Å². The van der Waals surface area contributed by atoms with E-state index in [1.165, 1.54) is 18.2 Å². The summed E-state index contributed by atoms with van der Waals surface area (Å²) >= 11 is 0. The van der Waals surface area contributed by atoms with E-state index in [4.69, 9.17) is 14.9 Å². The number of rotatable bonds is 4. The van der Waals surface area contributed by atoms with E-state index in [2.05, 4.69) is 5.32 Å². The first kappa shape index (κ1) is 12.7. The molecule has 0 aliphatic rings. The summed E-state index contributed by atoms with van der Waals surface area (Å²) in [5.74, 6) is -1.00. The predicted octanol–water partition coefficient (Wildman–Crippen LogP) is 0.295. The highest BCUT2D eigenvalue weighted by Crippen LogP contribution is 2.34. The van der Waals surface area contributed by atoms with Gasteiger partial charge in [0, 0.05) is 5.69 Å². The van der Waals surface area contributed by atoms with Crippen molar-refractivity contribution in [2.24, 2.45) is 0 Å². The van der Waals surface area contributed by atoms with Crippen molar-refractivity contribution in [2.45, 2.75) is 6.92 Å². The molecular weight excluding hydrogens is 233 g/mol. The average Bonchev–Trinajstić information content (AvgIpc) is 2.14. The maximum atomic E-state index is 10.9. The summed E-state index contributed by atoms with van der Waals surface area (Å²) in [7, 11) is -4.25. The molecule has 0 bridgehead atoms. The van der Waals surface area contributed by atoms with Gasteiger partial charge in [-0.25, -0.2) is 0 Å². The highest BCUT2D eigenvalue weighted by molar-refractivity contribution is 7.60. The summed E-state index contributed by atoms with van der Waals surface area (Å²) in [5.41, 5.74) is 1.13. The van der Waals surface area contributed by atoms with Crippen LogP contribution in [0.5, 0.6) is 0 Å². The molecule has 6 nitrogen and oxygen atoms in total. The van der Waals surface area contributed by atoms with Crippen LogP contribution in [-0.4, -0.2) is 27.4 Å². The van der Waals surface area contributed by atoms with Crippen LogP contribution < -0.4 is 10.6 Å². The smallest absolute Gasteiger partial charge is 0.356 e. The van der Waals surface area contributed by atoms with Crippen LogP contribution in [0.15, 0.2) is 18.2 Å². The van der Waals surface area contributed by atoms with Gasteiger partial charge in [0.1, 0.15) is 6.54 Å². The SMILES string of the molecule is Cc1cc(P(=O)(O)O)ccc1NCC(=O)O. The molecular formula is C9H12NO5P. The second-order valence-corrected chi connectivity index (χ2v) is 4.90. The molecule has 0 amide bonds. The number of carbonyl (C=O) groups is 1. The standard InChI is InChI=1S/C9H12NO5P/c1-6-4-7(16(13,14)15)2-3-8(6)10-5-9(11)12/h2-4,10H,5H2,1H3,(H,11,12)(H2,13,14,15). The molecule has 7 heteroatoms. The Morgan fingerprint density at radius 2 is 2.06 bits per heavy atom. The molecule has 0 saturated heterocycles. The van der Waals surface area contributed by atoms with Crippen LogP contribution in [0.2, 0.25) is 0 Å². The van der Waals surface area contributed by atoms with Crippen LogP contribution >= 0.6 is 7.60 Å². The van der Waals surface area contributed by atoms with Crippen molar-refractivity contribution >= 4 is 24.6 Å². The van der Waals surface area contributed by atoms with Gasteiger partial charge in [-0.3, -0.25) is 9.36 Å². The second-order valence-electron chi connectivity index (χ2n) is 3.29. The topological polar surface area (TPSA) is 107 Å². The molecule has 1 rings (SSSR count). The monoisotopic (exact) mass is 245 g/mol. The van der Waals surface area contributed by atoms with E-state index in [1.807, 2.05) is 0 Å². The second kappa shape index (κ2) is 4.65. The fraction of sp³-hybridized carbons (Fsp3) is 0.222. The van der Waals surface area contributed by atoms with Gasteiger partial charge in [0.15, 0.2) is 0 Å². The van der Waals surface area contributed by atoms with Crippen LogP contribution in [0.3, 0.4) is 0 Å². The lowest BCUT2D eigenvalue weighted by molar-refractivity contribution is -0.134. The van der Waals surface area contributed by atoms with E-state index < -0.39 is 13.6 Å². The minimum atomic E-state index is -4.25. The quantitative estimate of drug-likeness (QED) is 0.568. The van der Waals surface area contributed by atoms with E-state index >= 15 is 0 Å². The van der Waals surface area contributed by atoms with Crippen molar-refractivity contribution in [3.63, 3.8) is 0 Å². The van der Waals surface area contributed by atoms with Crippen molar-refractivity contribution < 1.29 is 24.3 Å². The lowest BCUT2D eigenvalue weighted by Gasteiger charge is -2.10. The molecule has 1 aromatic rings. The molecule has 0 spiro atoms. The first-order valence-corrected chi connectivity index (χ1v) is 6.04. The van der Waals surface area contributed by atoms with Crippen LogP contribution in [0.4, 0.5) is 5.69 Å². The molecule has 0 heterocycles. The van der Waals surface area contributed by atoms with Gasteiger partial charge in [0.25, 0.3) is 0 Å². The number of aliphatic carboxylic acids is 1. The van der Waals surface area contributed by atoms with Gasteiger partial charge in [-0.15, -0.1) is 0 Å². The largest absolute Gasteiger partial charge is 0.480 e. The molecule has 0 aliphatic heterocycles. The third-order valence-electron chi connectivity index (χ3n) is 1.98. The first-order valence-electron chi connectivity index (χ1n) is 4.43. The lowest BCUT2D eigenvalue weighted by Crippen LogP contribution is -2.14. The minimum absolute atomic E-state index is 0.0779. The van der Waals surface area contributed by atoms with Crippen molar-refractivity contribution in [3.8, 4) is 0 Å². The third-order valence-corrected chi connectivity index (χ3v) is 2.93. The lowest BCUT2D eigenvalue weighted by atomic mass is 10.2. The summed E-state index contributed by atoms with van der Waals surface area (Å²) in [4.78, 5) is 28.2. The number of anilines is 1.